The minimum atomic E-state index is 0.466. The van der Waals surface area contributed by atoms with E-state index in [1.807, 2.05) is 11.5 Å². The Kier molecular flexibility index (Phi) is 5.89. The van der Waals surface area contributed by atoms with Gasteiger partial charge in [-0.3, -0.25) is 4.57 Å². The van der Waals surface area contributed by atoms with Crippen LogP contribution in [-0.2, 0) is 0 Å². The number of aryl methyl sites for hydroxylation is 2. The van der Waals surface area contributed by atoms with E-state index in [1.165, 1.54) is 5.56 Å². The van der Waals surface area contributed by atoms with Crippen LogP contribution in [0.5, 0.6) is 5.75 Å². The van der Waals surface area contributed by atoms with Gasteiger partial charge in [-0.2, -0.15) is 0 Å². The zero-order valence-corrected chi connectivity index (χ0v) is 16.2. The van der Waals surface area contributed by atoms with Gasteiger partial charge in [-0.1, -0.05) is 58.7 Å². The van der Waals surface area contributed by atoms with Crippen molar-refractivity contribution in [1.82, 2.24) is 14.8 Å². The zero-order chi connectivity index (χ0) is 17.8. The molecule has 0 N–H and O–H groups in total. The van der Waals surface area contributed by atoms with E-state index in [4.69, 9.17) is 27.9 Å². The third kappa shape index (κ3) is 4.29. The maximum atomic E-state index is 6.10. The van der Waals surface area contributed by atoms with E-state index in [-0.39, 0.29) is 0 Å². The molecule has 1 heterocycles. The van der Waals surface area contributed by atoms with Gasteiger partial charge in [-0.05, 0) is 38.1 Å². The molecule has 0 unspecified atom stereocenters. The molecule has 0 saturated heterocycles. The Labute approximate surface area is 161 Å². The van der Waals surface area contributed by atoms with Crippen LogP contribution < -0.4 is 4.74 Å². The van der Waals surface area contributed by atoms with Crippen LogP contribution in [0.3, 0.4) is 0 Å². The third-order valence-corrected chi connectivity index (χ3v) is 5.06. The van der Waals surface area contributed by atoms with E-state index >= 15 is 0 Å². The molecule has 130 valence electrons. The molecule has 2 aromatic carbocycles. The molecule has 0 radical (unpaired) electrons. The summed E-state index contributed by atoms with van der Waals surface area (Å²) in [4.78, 5) is 0. The lowest BCUT2D eigenvalue weighted by molar-refractivity contribution is 0.344. The molecule has 0 aliphatic carbocycles. The molecule has 0 spiro atoms. The van der Waals surface area contributed by atoms with E-state index < -0.39 is 0 Å². The van der Waals surface area contributed by atoms with Crippen molar-refractivity contribution in [2.24, 2.45) is 0 Å². The number of hydrogen-bond acceptors (Lipinski definition) is 4. The highest BCUT2D eigenvalue weighted by Gasteiger charge is 2.12. The Morgan fingerprint density at radius 1 is 1.00 bits per heavy atom. The summed E-state index contributed by atoms with van der Waals surface area (Å²) in [6.07, 6.45) is 0. The van der Waals surface area contributed by atoms with Crippen LogP contribution in [0.1, 0.15) is 11.4 Å². The lowest BCUT2D eigenvalue weighted by Gasteiger charge is -2.10. The second-order valence-electron chi connectivity index (χ2n) is 5.45. The second-order valence-corrected chi connectivity index (χ2v) is 7.32. The van der Waals surface area contributed by atoms with Crippen LogP contribution in [-0.4, -0.2) is 27.1 Å². The number of hydrogen-bond donors (Lipinski definition) is 0. The normalized spacial score (nSPS) is 10.9. The molecule has 25 heavy (non-hydrogen) atoms. The van der Waals surface area contributed by atoms with Crippen molar-refractivity contribution in [3.63, 3.8) is 0 Å². The highest BCUT2D eigenvalue weighted by atomic mass is 35.5. The van der Waals surface area contributed by atoms with Gasteiger partial charge in [-0.25, -0.2) is 0 Å². The monoisotopic (exact) mass is 393 g/mol. The van der Waals surface area contributed by atoms with E-state index in [0.29, 0.717) is 28.2 Å². The number of rotatable bonds is 6. The Balaban J connectivity index is 1.65. The number of ether oxygens (including phenoxy) is 1. The van der Waals surface area contributed by atoms with Crippen molar-refractivity contribution >= 4 is 35.0 Å². The first kappa shape index (κ1) is 18.1. The molecule has 3 rings (SSSR count). The highest BCUT2D eigenvalue weighted by Crippen LogP contribution is 2.32. The van der Waals surface area contributed by atoms with E-state index in [2.05, 4.69) is 41.4 Å². The van der Waals surface area contributed by atoms with Crippen molar-refractivity contribution in [1.29, 1.82) is 0 Å². The fourth-order valence-electron chi connectivity index (χ4n) is 2.32. The highest BCUT2D eigenvalue weighted by molar-refractivity contribution is 7.99. The summed E-state index contributed by atoms with van der Waals surface area (Å²) < 4.78 is 7.75. The van der Waals surface area contributed by atoms with Crippen molar-refractivity contribution < 1.29 is 4.74 Å². The Bertz CT molecular complexity index is 845. The maximum Gasteiger partial charge on any atom is 0.195 e. The average Bonchev–Trinajstić information content (AvgIpc) is 2.95. The van der Waals surface area contributed by atoms with Gasteiger partial charge in [0.05, 0.1) is 16.7 Å². The summed E-state index contributed by atoms with van der Waals surface area (Å²) >= 11 is 13.8. The molecule has 0 bridgehead atoms. The van der Waals surface area contributed by atoms with Gasteiger partial charge in [0.15, 0.2) is 10.9 Å². The summed E-state index contributed by atoms with van der Waals surface area (Å²) in [5, 5.41) is 10.3. The van der Waals surface area contributed by atoms with E-state index in [0.717, 1.165) is 16.7 Å². The first-order valence-electron chi connectivity index (χ1n) is 7.75. The molecule has 0 atom stereocenters. The number of halogens is 2. The molecule has 0 aliphatic rings. The lowest BCUT2D eigenvalue weighted by atomic mass is 10.2. The molecule has 0 fully saturated rings. The largest absolute Gasteiger partial charge is 0.490 e. The molecular formula is C18H17Cl2N3OS. The Hall–Kier alpha value is -1.69. The van der Waals surface area contributed by atoms with Crippen molar-refractivity contribution in [2.75, 3.05) is 12.4 Å². The van der Waals surface area contributed by atoms with Crippen LogP contribution in [0.2, 0.25) is 10.0 Å². The Morgan fingerprint density at radius 3 is 2.36 bits per heavy atom. The van der Waals surface area contributed by atoms with Crippen LogP contribution >= 0.6 is 35.0 Å². The molecular weight excluding hydrogens is 377 g/mol. The van der Waals surface area contributed by atoms with Gasteiger partial charge >= 0.3 is 0 Å². The minimum absolute atomic E-state index is 0.466. The van der Waals surface area contributed by atoms with E-state index in [9.17, 15) is 0 Å². The summed E-state index contributed by atoms with van der Waals surface area (Å²) in [5.41, 5.74) is 2.26. The molecule has 7 heteroatoms. The fourth-order valence-corrected chi connectivity index (χ4v) is 3.65. The lowest BCUT2D eigenvalue weighted by Crippen LogP contribution is -2.04. The predicted octanol–water partition coefficient (Wildman–Crippen LogP) is 5.36. The minimum Gasteiger partial charge on any atom is -0.490 e. The van der Waals surface area contributed by atoms with Crippen molar-refractivity contribution in [2.45, 2.75) is 19.0 Å². The van der Waals surface area contributed by atoms with Gasteiger partial charge in [-0.15, -0.1) is 10.2 Å². The molecule has 0 amide bonds. The van der Waals surface area contributed by atoms with E-state index in [1.54, 1.807) is 30.0 Å². The molecule has 3 aromatic rings. The molecule has 0 saturated carbocycles. The molecule has 4 nitrogen and oxygen atoms in total. The SMILES string of the molecule is Cc1ccc(-n2c(C)nnc2SCCOc2c(Cl)cccc2Cl)cc1. The summed E-state index contributed by atoms with van der Waals surface area (Å²) in [6, 6.07) is 13.6. The number of para-hydroxylation sites is 1. The van der Waals surface area contributed by atoms with Crippen molar-refractivity contribution in [3.8, 4) is 11.4 Å². The fraction of sp³-hybridized carbons (Fsp3) is 0.222. The predicted molar refractivity (Wildman–Crippen MR) is 104 cm³/mol. The number of benzene rings is 2. The van der Waals surface area contributed by atoms with Gasteiger partial charge < -0.3 is 4.74 Å². The quantitative estimate of drug-likeness (QED) is 0.417. The number of thioether (sulfide) groups is 1. The topological polar surface area (TPSA) is 39.9 Å². The average molecular weight is 394 g/mol. The summed E-state index contributed by atoms with van der Waals surface area (Å²) in [7, 11) is 0. The van der Waals surface area contributed by atoms with Gasteiger partial charge in [0.2, 0.25) is 0 Å². The zero-order valence-electron chi connectivity index (χ0n) is 13.9. The Morgan fingerprint density at radius 2 is 1.68 bits per heavy atom. The maximum absolute atomic E-state index is 6.10. The van der Waals surface area contributed by atoms with Crippen molar-refractivity contribution in [3.05, 3.63) is 63.9 Å². The molecule has 1 aromatic heterocycles. The van der Waals surface area contributed by atoms with Crippen LogP contribution in [0, 0.1) is 13.8 Å². The van der Waals surface area contributed by atoms with Crippen LogP contribution in [0.4, 0.5) is 0 Å². The van der Waals surface area contributed by atoms with Gasteiger partial charge in [0.1, 0.15) is 5.82 Å². The van der Waals surface area contributed by atoms with Crippen LogP contribution in [0.25, 0.3) is 5.69 Å². The van der Waals surface area contributed by atoms with Gasteiger partial charge in [0.25, 0.3) is 0 Å². The third-order valence-electron chi connectivity index (χ3n) is 3.57. The first-order valence-corrected chi connectivity index (χ1v) is 9.49. The number of nitrogens with zero attached hydrogens (tertiary/aromatic N) is 3. The van der Waals surface area contributed by atoms with Crippen LogP contribution in [0.15, 0.2) is 47.6 Å². The molecule has 0 aliphatic heterocycles. The summed E-state index contributed by atoms with van der Waals surface area (Å²) in [5.74, 6) is 2.06. The number of aromatic nitrogens is 3. The standard InChI is InChI=1S/C18H17Cl2N3OS/c1-12-6-8-14(9-7-12)23-13(2)21-22-18(23)25-11-10-24-17-15(19)4-3-5-16(17)20/h3-9H,10-11H2,1-2H3. The first-order chi connectivity index (χ1) is 12.1. The van der Waals surface area contributed by atoms with Gasteiger partial charge in [0, 0.05) is 11.4 Å². The summed E-state index contributed by atoms with van der Waals surface area (Å²) in [6.45, 7) is 4.47. The smallest absolute Gasteiger partial charge is 0.195 e. The second kappa shape index (κ2) is 8.13.